The molecular weight excluding hydrogens is 371 g/mol. The lowest BCUT2D eigenvalue weighted by Crippen LogP contribution is -2.05. The summed E-state index contributed by atoms with van der Waals surface area (Å²) in [6.07, 6.45) is 3.95. The second-order valence-electron chi connectivity index (χ2n) is 7.64. The van der Waals surface area contributed by atoms with E-state index in [1.165, 1.54) is 12.1 Å². The van der Waals surface area contributed by atoms with Crippen LogP contribution in [0.25, 0.3) is 5.57 Å². The van der Waals surface area contributed by atoms with Gasteiger partial charge >= 0.3 is 6.18 Å². The van der Waals surface area contributed by atoms with Crippen molar-refractivity contribution in [2.24, 2.45) is 10.9 Å². The van der Waals surface area contributed by atoms with Crippen molar-refractivity contribution in [3.63, 3.8) is 0 Å². The maximum Gasteiger partial charge on any atom is 0.416 e. The van der Waals surface area contributed by atoms with Gasteiger partial charge in [0.15, 0.2) is 0 Å². The van der Waals surface area contributed by atoms with E-state index in [1.807, 2.05) is 32.9 Å². The lowest BCUT2D eigenvalue weighted by molar-refractivity contribution is -0.137. The van der Waals surface area contributed by atoms with Crippen molar-refractivity contribution in [1.82, 2.24) is 0 Å². The Morgan fingerprint density at radius 3 is 2.34 bits per heavy atom. The van der Waals surface area contributed by atoms with E-state index >= 15 is 0 Å². The van der Waals surface area contributed by atoms with Crippen LogP contribution in [0.1, 0.15) is 51.2 Å². The fourth-order valence-electron chi connectivity index (χ4n) is 2.88. The monoisotopic (exact) mass is 399 g/mol. The Morgan fingerprint density at radius 2 is 1.83 bits per heavy atom. The van der Waals surface area contributed by atoms with Crippen LogP contribution >= 0.6 is 0 Å². The minimum Gasteiger partial charge on any atom is -0.253 e. The summed E-state index contributed by atoms with van der Waals surface area (Å²) in [4.78, 5) is 4.66. The number of alkyl halides is 3. The van der Waals surface area contributed by atoms with E-state index in [1.54, 1.807) is 6.08 Å². The molecule has 1 nitrogen and oxygen atoms in total. The summed E-state index contributed by atoms with van der Waals surface area (Å²) in [5.41, 5.74) is 4.43. The van der Waals surface area contributed by atoms with E-state index < -0.39 is 11.7 Å². The number of hydrogen-bond acceptors (Lipinski definition) is 1. The summed E-state index contributed by atoms with van der Waals surface area (Å²) in [6, 6.07) is 3.68. The van der Waals surface area contributed by atoms with Gasteiger partial charge in [-0.25, -0.2) is 0 Å². The second-order valence-corrected chi connectivity index (χ2v) is 7.64. The molecule has 4 heteroatoms. The highest BCUT2D eigenvalue weighted by Gasteiger charge is 2.32. The molecule has 1 aromatic rings. The average molecular weight is 400 g/mol. The third-order valence-electron chi connectivity index (χ3n) is 4.99. The molecule has 0 heterocycles. The van der Waals surface area contributed by atoms with Crippen LogP contribution in [0.5, 0.6) is 0 Å². The molecule has 154 valence electrons. The third kappa shape index (κ3) is 6.45. The summed E-state index contributed by atoms with van der Waals surface area (Å²) >= 11 is 0. The van der Waals surface area contributed by atoms with Gasteiger partial charge in [0.25, 0.3) is 0 Å². The summed E-state index contributed by atoms with van der Waals surface area (Å²) in [5.74, 6) is 0.521. The molecule has 0 radical (unpaired) electrons. The molecule has 0 saturated heterocycles. The van der Waals surface area contributed by atoms with Crippen molar-refractivity contribution in [1.29, 1.82) is 0 Å². The molecule has 0 atom stereocenters. The first-order valence-corrected chi connectivity index (χ1v) is 9.65. The van der Waals surface area contributed by atoms with Gasteiger partial charge in [-0.3, -0.25) is 4.99 Å². The first kappa shape index (κ1) is 22.7. The predicted molar refractivity (Wildman–Crippen MR) is 117 cm³/mol. The molecule has 0 bridgehead atoms. The van der Waals surface area contributed by atoms with Crippen LogP contribution in [0, 0.1) is 5.92 Å². The SMILES string of the molecule is C=C/C=C(\C=C(\C)C(=C)C)C(C)=Nc1ccc(C(F)(F)F)cc1C(=C)CC1CC1. The Labute approximate surface area is 171 Å². The van der Waals surface area contributed by atoms with Gasteiger partial charge in [0.2, 0.25) is 0 Å². The normalized spacial score (nSPS) is 16.0. The second kappa shape index (κ2) is 9.25. The largest absolute Gasteiger partial charge is 0.416 e. The fraction of sp³-hybridized carbons (Fsp3) is 0.320. The Hall–Kier alpha value is -2.62. The maximum absolute atomic E-state index is 13.2. The van der Waals surface area contributed by atoms with Gasteiger partial charge in [-0.1, -0.05) is 37.5 Å². The summed E-state index contributed by atoms with van der Waals surface area (Å²) < 4.78 is 39.7. The zero-order chi connectivity index (χ0) is 21.8. The molecule has 0 N–H and O–H groups in total. The predicted octanol–water partition coefficient (Wildman–Crippen LogP) is 8.25. The zero-order valence-corrected chi connectivity index (χ0v) is 17.4. The molecule has 0 unspecified atom stereocenters. The van der Waals surface area contributed by atoms with Crippen molar-refractivity contribution in [2.45, 2.75) is 46.2 Å². The molecule has 1 aliphatic rings. The number of aliphatic imine (C=N–C) groups is 1. The first-order chi connectivity index (χ1) is 13.5. The van der Waals surface area contributed by atoms with E-state index in [-0.39, 0.29) is 0 Å². The fourth-order valence-corrected chi connectivity index (χ4v) is 2.88. The van der Waals surface area contributed by atoms with Gasteiger partial charge in [0.05, 0.1) is 11.3 Å². The van der Waals surface area contributed by atoms with Gasteiger partial charge in [0, 0.05) is 11.3 Å². The number of nitrogens with zero attached hydrogens (tertiary/aromatic N) is 1. The van der Waals surface area contributed by atoms with Crippen LogP contribution in [0.15, 0.2) is 77.9 Å². The van der Waals surface area contributed by atoms with E-state index in [0.717, 1.165) is 35.6 Å². The Morgan fingerprint density at radius 1 is 1.17 bits per heavy atom. The number of halogens is 3. The lowest BCUT2D eigenvalue weighted by atomic mass is 9.97. The molecular formula is C25H28F3N. The van der Waals surface area contributed by atoms with Crippen LogP contribution in [0.3, 0.4) is 0 Å². The summed E-state index contributed by atoms with van der Waals surface area (Å²) in [5, 5.41) is 0. The van der Waals surface area contributed by atoms with Crippen molar-refractivity contribution in [3.8, 4) is 0 Å². The zero-order valence-electron chi connectivity index (χ0n) is 17.4. The van der Waals surface area contributed by atoms with Gasteiger partial charge < -0.3 is 0 Å². The van der Waals surface area contributed by atoms with Crippen molar-refractivity contribution in [2.75, 3.05) is 0 Å². The molecule has 0 aliphatic heterocycles. The van der Waals surface area contributed by atoms with Gasteiger partial charge in [0.1, 0.15) is 0 Å². The third-order valence-corrected chi connectivity index (χ3v) is 4.99. The standard InChI is InChI=1S/C25H28F3N/c1-7-8-21(14-17(4)16(2)3)19(6)29-24-12-11-22(25(26,27)28)15-23(24)18(5)13-20-9-10-20/h7-8,11-12,14-15,20H,1-2,5,9-10,13H2,3-4,6H3/b17-14-,21-8+,29-19?. The van der Waals surface area contributed by atoms with Crippen LogP contribution < -0.4 is 0 Å². The van der Waals surface area contributed by atoms with Crippen molar-refractivity contribution < 1.29 is 13.2 Å². The van der Waals surface area contributed by atoms with Crippen LogP contribution in [-0.4, -0.2) is 5.71 Å². The molecule has 1 aromatic carbocycles. The van der Waals surface area contributed by atoms with Crippen LogP contribution in [0.4, 0.5) is 18.9 Å². The quantitative estimate of drug-likeness (QED) is 0.308. The maximum atomic E-state index is 13.2. The van der Waals surface area contributed by atoms with Gasteiger partial charge in [-0.05, 0) is 86.9 Å². The van der Waals surface area contributed by atoms with E-state index in [9.17, 15) is 13.2 Å². The number of hydrogen-bond donors (Lipinski definition) is 0. The van der Waals surface area contributed by atoms with Gasteiger partial charge in [-0.15, -0.1) is 0 Å². The van der Waals surface area contributed by atoms with Crippen molar-refractivity contribution >= 4 is 17.0 Å². The highest BCUT2D eigenvalue weighted by atomic mass is 19.4. The molecule has 0 spiro atoms. The van der Waals surface area contributed by atoms with Crippen LogP contribution in [0.2, 0.25) is 0 Å². The molecule has 0 amide bonds. The topological polar surface area (TPSA) is 12.4 Å². The van der Waals surface area contributed by atoms with E-state index in [0.29, 0.717) is 34.9 Å². The first-order valence-electron chi connectivity index (χ1n) is 9.65. The van der Waals surface area contributed by atoms with Gasteiger partial charge in [-0.2, -0.15) is 13.2 Å². The smallest absolute Gasteiger partial charge is 0.253 e. The molecule has 0 aromatic heterocycles. The highest BCUT2D eigenvalue weighted by molar-refractivity contribution is 6.03. The summed E-state index contributed by atoms with van der Waals surface area (Å²) in [6.45, 7) is 17.4. The number of allylic oxidation sites excluding steroid dienone is 7. The Balaban J connectivity index is 2.51. The Bertz CT molecular complexity index is 906. The highest BCUT2D eigenvalue weighted by Crippen LogP contribution is 2.41. The Kier molecular flexibility index (Phi) is 7.23. The molecule has 2 rings (SSSR count). The molecule has 29 heavy (non-hydrogen) atoms. The minimum atomic E-state index is -4.40. The van der Waals surface area contributed by atoms with E-state index in [2.05, 4.69) is 24.7 Å². The average Bonchev–Trinajstić information content (AvgIpc) is 3.44. The number of rotatable bonds is 8. The van der Waals surface area contributed by atoms with Crippen molar-refractivity contribution in [3.05, 3.63) is 84.0 Å². The summed E-state index contributed by atoms with van der Waals surface area (Å²) in [7, 11) is 0. The molecule has 1 aliphatic carbocycles. The number of benzene rings is 1. The minimum absolute atomic E-state index is 0.463. The van der Waals surface area contributed by atoms with Crippen LogP contribution in [-0.2, 0) is 6.18 Å². The lowest BCUT2D eigenvalue weighted by Gasteiger charge is -2.14. The van der Waals surface area contributed by atoms with E-state index in [4.69, 9.17) is 0 Å². The molecule has 1 saturated carbocycles. The molecule has 1 fully saturated rings.